The molecule has 0 aliphatic heterocycles. The third-order valence-corrected chi connectivity index (χ3v) is 0.525. The van der Waals surface area contributed by atoms with Gasteiger partial charge in [0.25, 0.3) is 0 Å². The molecule has 0 aromatic rings. The van der Waals surface area contributed by atoms with Crippen LogP contribution in [0.5, 0.6) is 0 Å². The molecule has 0 amide bonds. The summed E-state index contributed by atoms with van der Waals surface area (Å²) in [4.78, 5) is 10.3. The highest BCUT2D eigenvalue weighted by Gasteiger charge is 1.98. The van der Waals surface area contributed by atoms with Crippen molar-refractivity contribution in [3.63, 3.8) is 0 Å². The van der Waals surface area contributed by atoms with Crippen LogP contribution in [0, 0.1) is 6.92 Å². The van der Waals surface area contributed by atoms with E-state index in [9.17, 15) is 4.79 Å². The van der Waals surface area contributed by atoms with Crippen molar-refractivity contribution in [1.29, 1.82) is 0 Å². The Morgan fingerprint density at radius 3 is 2.75 bits per heavy atom. The molecule has 0 rings (SSSR count). The average Bonchev–Trinajstić information content (AvgIpc) is 1.68. The first kappa shape index (κ1) is 7.30. The lowest BCUT2D eigenvalue weighted by Crippen LogP contribution is -2.10. The number of carbonyl (C=O) groups excluding carboxylic acids is 1. The first-order chi connectivity index (χ1) is 3.81. The maximum Gasteiger partial charge on any atom is 0.335 e. The molecule has 0 aliphatic rings. The first-order valence-electron chi connectivity index (χ1n) is 2.25. The smallest absolute Gasteiger partial charge is 0.335 e. The summed E-state index contributed by atoms with van der Waals surface area (Å²) >= 11 is 0. The number of hydrogen-bond donors (Lipinski definition) is 0. The number of carbonyl (C=O) groups is 1. The van der Waals surface area contributed by atoms with Crippen molar-refractivity contribution in [2.24, 2.45) is 0 Å². The molecule has 0 atom stereocenters. The molecule has 3 nitrogen and oxygen atoms in total. The Labute approximate surface area is 48.6 Å². The Kier molecular flexibility index (Phi) is 4.07. The number of ether oxygens (including phenoxy) is 2. The molecular weight excluding hydrogens is 108 g/mol. The van der Waals surface area contributed by atoms with Gasteiger partial charge in [-0.3, -0.25) is 0 Å². The van der Waals surface area contributed by atoms with E-state index >= 15 is 0 Å². The molecule has 0 saturated heterocycles. The Morgan fingerprint density at radius 2 is 2.38 bits per heavy atom. The molecule has 0 spiro atoms. The standard InChI is InChI=1S/C5H9O3/c1-3-8-5(6)4-7-2/h1,3-4H2,2H3/q+1. The zero-order chi connectivity index (χ0) is 6.41. The number of rotatable bonds is 3. The third-order valence-electron chi connectivity index (χ3n) is 0.525. The monoisotopic (exact) mass is 117 g/mol. The summed E-state index contributed by atoms with van der Waals surface area (Å²) in [6.07, 6.45) is 0. The molecular formula is C5H9O3+. The average molecular weight is 117 g/mol. The fourth-order valence-electron chi connectivity index (χ4n) is 0.273. The molecule has 0 heterocycles. The number of hydrogen-bond acceptors (Lipinski definition) is 3. The fraction of sp³-hybridized carbons (Fsp3) is 0.600. The van der Waals surface area contributed by atoms with Crippen LogP contribution in [-0.4, -0.2) is 26.3 Å². The van der Waals surface area contributed by atoms with Crippen LogP contribution in [0.3, 0.4) is 0 Å². The van der Waals surface area contributed by atoms with Gasteiger partial charge in [0.05, 0.1) is 0 Å². The van der Waals surface area contributed by atoms with Crippen LogP contribution < -0.4 is 0 Å². The van der Waals surface area contributed by atoms with Gasteiger partial charge < -0.3 is 9.47 Å². The van der Waals surface area contributed by atoms with E-state index in [1.54, 1.807) is 0 Å². The quantitative estimate of drug-likeness (QED) is 0.386. The lowest BCUT2D eigenvalue weighted by Gasteiger charge is -1.93. The molecule has 3 heteroatoms. The van der Waals surface area contributed by atoms with E-state index in [1.165, 1.54) is 7.11 Å². The summed E-state index contributed by atoms with van der Waals surface area (Å²) in [6, 6.07) is 0. The second kappa shape index (κ2) is 4.46. The van der Waals surface area contributed by atoms with Crippen molar-refractivity contribution >= 4 is 5.97 Å². The largest absolute Gasteiger partial charge is 0.422 e. The summed E-state index contributed by atoms with van der Waals surface area (Å²) in [7, 11) is 1.43. The number of esters is 1. The Morgan fingerprint density at radius 1 is 1.75 bits per heavy atom. The summed E-state index contributed by atoms with van der Waals surface area (Å²) in [6.45, 7) is 3.49. The minimum Gasteiger partial charge on any atom is -0.422 e. The fourth-order valence-corrected chi connectivity index (χ4v) is 0.273. The summed E-state index contributed by atoms with van der Waals surface area (Å²) in [5.41, 5.74) is 0. The van der Waals surface area contributed by atoms with Gasteiger partial charge in [0.2, 0.25) is 6.61 Å². The summed E-state index contributed by atoms with van der Waals surface area (Å²) in [5, 5.41) is 0. The lowest BCUT2D eigenvalue weighted by atomic mass is 10.7. The van der Waals surface area contributed by atoms with E-state index in [0.717, 1.165) is 0 Å². The van der Waals surface area contributed by atoms with Crippen molar-refractivity contribution in [2.45, 2.75) is 0 Å². The van der Waals surface area contributed by atoms with E-state index in [2.05, 4.69) is 16.4 Å². The van der Waals surface area contributed by atoms with E-state index in [1.807, 2.05) is 0 Å². The van der Waals surface area contributed by atoms with Crippen LogP contribution in [-0.2, 0) is 14.3 Å². The Balaban J connectivity index is 3.06. The normalized spacial score (nSPS) is 8.62. The van der Waals surface area contributed by atoms with E-state index < -0.39 is 0 Å². The molecule has 0 fully saturated rings. The molecule has 0 aromatic heterocycles. The molecule has 46 valence electrons. The predicted molar refractivity (Wildman–Crippen MR) is 28.2 cm³/mol. The van der Waals surface area contributed by atoms with E-state index in [4.69, 9.17) is 0 Å². The highest BCUT2D eigenvalue weighted by Crippen LogP contribution is 1.75. The molecule has 0 radical (unpaired) electrons. The van der Waals surface area contributed by atoms with Crippen molar-refractivity contribution in [2.75, 3.05) is 20.3 Å². The minimum absolute atomic E-state index is 0.00944. The van der Waals surface area contributed by atoms with E-state index in [0.29, 0.717) is 0 Å². The molecule has 0 unspecified atom stereocenters. The van der Waals surface area contributed by atoms with Crippen molar-refractivity contribution in [1.82, 2.24) is 0 Å². The highest BCUT2D eigenvalue weighted by molar-refractivity contribution is 5.70. The van der Waals surface area contributed by atoms with Gasteiger partial charge in [-0.25, -0.2) is 4.79 Å². The van der Waals surface area contributed by atoms with Gasteiger partial charge in [-0.1, -0.05) is 0 Å². The highest BCUT2D eigenvalue weighted by atomic mass is 16.6. The van der Waals surface area contributed by atoms with Crippen LogP contribution in [0.15, 0.2) is 0 Å². The van der Waals surface area contributed by atoms with Gasteiger partial charge in [0.1, 0.15) is 13.5 Å². The number of methoxy groups -OCH3 is 1. The molecule has 0 aromatic carbocycles. The van der Waals surface area contributed by atoms with Crippen molar-refractivity contribution in [3.8, 4) is 0 Å². The van der Waals surface area contributed by atoms with Crippen LogP contribution in [0.4, 0.5) is 0 Å². The van der Waals surface area contributed by atoms with E-state index in [-0.39, 0.29) is 19.2 Å². The van der Waals surface area contributed by atoms with Crippen LogP contribution in [0.25, 0.3) is 0 Å². The zero-order valence-corrected chi connectivity index (χ0v) is 4.85. The van der Waals surface area contributed by atoms with Gasteiger partial charge in [0.15, 0.2) is 0 Å². The molecule has 0 saturated carbocycles. The topological polar surface area (TPSA) is 35.5 Å². The Hall–Kier alpha value is -0.700. The van der Waals surface area contributed by atoms with Gasteiger partial charge in [-0.15, -0.1) is 0 Å². The SMILES string of the molecule is [CH2+]COC(=O)COC. The van der Waals surface area contributed by atoms with Crippen molar-refractivity contribution < 1.29 is 14.3 Å². The van der Waals surface area contributed by atoms with Crippen molar-refractivity contribution in [3.05, 3.63) is 6.92 Å². The van der Waals surface area contributed by atoms with Crippen LogP contribution in [0.1, 0.15) is 0 Å². The second-order valence-corrected chi connectivity index (χ2v) is 1.15. The Bertz CT molecular complexity index is 62.1. The van der Waals surface area contributed by atoms with Gasteiger partial charge in [0, 0.05) is 7.11 Å². The third kappa shape index (κ3) is 3.49. The second-order valence-electron chi connectivity index (χ2n) is 1.15. The molecule has 0 aliphatic carbocycles. The van der Waals surface area contributed by atoms with Crippen LogP contribution in [0.2, 0.25) is 0 Å². The van der Waals surface area contributed by atoms with Gasteiger partial charge in [-0.05, 0) is 0 Å². The zero-order valence-electron chi connectivity index (χ0n) is 4.85. The van der Waals surface area contributed by atoms with Gasteiger partial charge >= 0.3 is 5.97 Å². The maximum atomic E-state index is 10.3. The lowest BCUT2D eigenvalue weighted by molar-refractivity contribution is -0.146. The predicted octanol–water partition coefficient (Wildman–Crippen LogP) is 0.0101. The minimum atomic E-state index is -0.373. The molecule has 8 heavy (non-hydrogen) atoms. The van der Waals surface area contributed by atoms with Crippen LogP contribution >= 0.6 is 0 Å². The van der Waals surface area contributed by atoms with Gasteiger partial charge in [-0.2, -0.15) is 0 Å². The maximum absolute atomic E-state index is 10.3. The first-order valence-corrected chi connectivity index (χ1v) is 2.25. The molecule has 0 bridgehead atoms. The molecule has 0 N–H and O–H groups in total. The summed E-state index contributed by atoms with van der Waals surface area (Å²) in [5.74, 6) is -0.373. The summed E-state index contributed by atoms with van der Waals surface area (Å²) < 4.78 is 8.86.